The second-order valence-corrected chi connectivity index (χ2v) is 9.40. The molecular formula is C24H32N2O3S. The molecule has 0 spiro atoms. The van der Waals surface area contributed by atoms with E-state index >= 15 is 0 Å². The van der Waals surface area contributed by atoms with Gasteiger partial charge in [0.15, 0.2) is 9.84 Å². The van der Waals surface area contributed by atoms with Crippen LogP contribution in [0.4, 0.5) is 0 Å². The van der Waals surface area contributed by atoms with Crippen LogP contribution in [0.15, 0.2) is 65.6 Å². The van der Waals surface area contributed by atoms with Crippen molar-refractivity contribution in [3.8, 4) is 0 Å². The highest BCUT2D eigenvalue weighted by atomic mass is 32.2. The van der Waals surface area contributed by atoms with E-state index in [4.69, 9.17) is 0 Å². The monoisotopic (exact) mass is 428 g/mol. The quantitative estimate of drug-likeness (QED) is 0.411. The zero-order valence-corrected chi connectivity index (χ0v) is 18.7. The van der Waals surface area contributed by atoms with E-state index in [1.807, 2.05) is 6.07 Å². The third-order valence-corrected chi connectivity index (χ3v) is 6.01. The van der Waals surface area contributed by atoms with Crippen molar-refractivity contribution in [2.45, 2.75) is 37.6 Å². The van der Waals surface area contributed by atoms with E-state index in [2.05, 4.69) is 41.4 Å². The van der Waals surface area contributed by atoms with E-state index in [9.17, 15) is 13.2 Å². The summed E-state index contributed by atoms with van der Waals surface area (Å²) in [6.45, 7) is 5.90. The first-order valence-electron chi connectivity index (χ1n) is 10.4. The summed E-state index contributed by atoms with van der Waals surface area (Å²) >= 11 is 0. The number of nitrogens with zero attached hydrogens (tertiary/aromatic N) is 1. The Hall–Kier alpha value is -2.44. The lowest BCUT2D eigenvalue weighted by Crippen LogP contribution is -2.25. The molecule has 2 rings (SSSR count). The van der Waals surface area contributed by atoms with Crippen LogP contribution in [0.25, 0.3) is 6.08 Å². The molecule has 2 aromatic carbocycles. The second kappa shape index (κ2) is 12.3. The number of hydrogen-bond acceptors (Lipinski definition) is 4. The van der Waals surface area contributed by atoms with Crippen molar-refractivity contribution in [3.05, 3.63) is 71.8 Å². The number of sulfone groups is 1. The lowest BCUT2D eigenvalue weighted by atomic mass is 10.2. The maximum atomic E-state index is 11.9. The van der Waals surface area contributed by atoms with Gasteiger partial charge in [-0.15, -0.1) is 0 Å². The maximum Gasteiger partial charge on any atom is 0.243 e. The fraction of sp³-hybridized carbons (Fsp3) is 0.375. The molecule has 0 heterocycles. The predicted octanol–water partition coefficient (Wildman–Crippen LogP) is 3.91. The van der Waals surface area contributed by atoms with E-state index in [1.165, 1.54) is 17.9 Å². The van der Waals surface area contributed by atoms with Crippen LogP contribution in [0.2, 0.25) is 0 Å². The first-order valence-corrected chi connectivity index (χ1v) is 12.3. The first-order chi connectivity index (χ1) is 14.4. The van der Waals surface area contributed by atoms with Gasteiger partial charge in [0.2, 0.25) is 5.91 Å². The lowest BCUT2D eigenvalue weighted by Gasteiger charge is -2.20. The molecule has 0 aliphatic carbocycles. The minimum absolute atomic E-state index is 0.138. The van der Waals surface area contributed by atoms with E-state index in [0.29, 0.717) is 6.54 Å². The smallest absolute Gasteiger partial charge is 0.243 e. The van der Waals surface area contributed by atoms with Gasteiger partial charge in [0.25, 0.3) is 0 Å². The number of unbranched alkanes of at least 4 members (excludes halogenated alkanes) is 2. The van der Waals surface area contributed by atoms with E-state index in [0.717, 1.165) is 44.5 Å². The average Bonchev–Trinajstić information content (AvgIpc) is 2.74. The number of amides is 1. The van der Waals surface area contributed by atoms with Crippen LogP contribution < -0.4 is 5.32 Å². The standard InChI is InChI=1S/C24H32N2O3S/c1-3-26(20-22-10-6-4-7-11-22)19-9-5-8-18-25-24(27)17-14-21-12-15-23(16-13-21)30(2,28)29/h4,6-7,10-17H,3,5,8-9,18-20H2,1-2H3,(H,25,27)/b17-14+. The first kappa shape index (κ1) is 23.8. The van der Waals surface area contributed by atoms with Gasteiger partial charge in [-0.05, 0) is 55.3 Å². The molecule has 30 heavy (non-hydrogen) atoms. The van der Waals surface area contributed by atoms with Crippen molar-refractivity contribution in [1.82, 2.24) is 10.2 Å². The van der Waals surface area contributed by atoms with Crippen LogP contribution in [-0.4, -0.2) is 45.1 Å². The lowest BCUT2D eigenvalue weighted by molar-refractivity contribution is -0.116. The van der Waals surface area contributed by atoms with Crippen molar-refractivity contribution in [3.63, 3.8) is 0 Å². The number of benzene rings is 2. The molecule has 0 aliphatic rings. The molecule has 1 N–H and O–H groups in total. The molecule has 5 nitrogen and oxygen atoms in total. The Balaban J connectivity index is 1.62. The van der Waals surface area contributed by atoms with Gasteiger partial charge in [-0.1, -0.05) is 55.8 Å². The number of hydrogen-bond donors (Lipinski definition) is 1. The van der Waals surface area contributed by atoms with Crippen molar-refractivity contribution in [2.24, 2.45) is 0 Å². The van der Waals surface area contributed by atoms with Crippen molar-refractivity contribution in [2.75, 3.05) is 25.9 Å². The summed E-state index contributed by atoms with van der Waals surface area (Å²) in [5.74, 6) is -0.138. The molecule has 2 aromatic rings. The molecule has 0 bridgehead atoms. The number of rotatable bonds is 12. The molecule has 0 atom stereocenters. The maximum absolute atomic E-state index is 11.9. The Morgan fingerprint density at radius 2 is 1.70 bits per heavy atom. The SMILES string of the molecule is CCN(CCCCCNC(=O)/C=C/c1ccc(S(C)(=O)=O)cc1)Cc1ccccc1. The van der Waals surface area contributed by atoms with Gasteiger partial charge in [-0.2, -0.15) is 0 Å². The Morgan fingerprint density at radius 1 is 1.00 bits per heavy atom. The molecule has 0 aliphatic heterocycles. The summed E-state index contributed by atoms with van der Waals surface area (Å²) in [6.07, 6.45) is 7.47. The normalized spacial score (nSPS) is 11.8. The summed E-state index contributed by atoms with van der Waals surface area (Å²) in [5, 5.41) is 2.90. The highest BCUT2D eigenvalue weighted by Crippen LogP contribution is 2.11. The Bertz CT molecular complexity index is 907. The number of carbonyl (C=O) groups excluding carboxylic acids is 1. The molecule has 0 radical (unpaired) electrons. The van der Waals surface area contributed by atoms with Crippen molar-refractivity contribution < 1.29 is 13.2 Å². The molecule has 162 valence electrons. The third-order valence-electron chi connectivity index (χ3n) is 4.88. The molecule has 0 fully saturated rings. The summed E-state index contributed by atoms with van der Waals surface area (Å²) in [7, 11) is -3.20. The zero-order valence-electron chi connectivity index (χ0n) is 17.9. The highest BCUT2D eigenvalue weighted by Gasteiger charge is 2.05. The van der Waals surface area contributed by atoms with Crippen molar-refractivity contribution >= 4 is 21.8 Å². The summed E-state index contributed by atoms with van der Waals surface area (Å²) in [4.78, 5) is 14.6. The van der Waals surface area contributed by atoms with E-state index in [-0.39, 0.29) is 10.8 Å². The van der Waals surface area contributed by atoms with Crippen LogP contribution in [0, 0.1) is 0 Å². The summed E-state index contributed by atoms with van der Waals surface area (Å²) in [5.41, 5.74) is 2.12. The van der Waals surface area contributed by atoms with Crippen molar-refractivity contribution in [1.29, 1.82) is 0 Å². The topological polar surface area (TPSA) is 66.5 Å². The van der Waals surface area contributed by atoms with Gasteiger partial charge in [0.1, 0.15) is 0 Å². The fourth-order valence-electron chi connectivity index (χ4n) is 3.10. The van der Waals surface area contributed by atoms with Crippen LogP contribution in [0.3, 0.4) is 0 Å². The predicted molar refractivity (Wildman–Crippen MR) is 123 cm³/mol. The number of nitrogens with one attached hydrogen (secondary N) is 1. The highest BCUT2D eigenvalue weighted by molar-refractivity contribution is 7.90. The summed E-state index contributed by atoms with van der Waals surface area (Å²) < 4.78 is 22.9. The van der Waals surface area contributed by atoms with Gasteiger partial charge in [0, 0.05) is 25.4 Å². The van der Waals surface area contributed by atoms with E-state index in [1.54, 1.807) is 30.3 Å². The number of carbonyl (C=O) groups is 1. The van der Waals surface area contributed by atoms with Gasteiger partial charge >= 0.3 is 0 Å². The van der Waals surface area contributed by atoms with Crippen LogP contribution in [0.1, 0.15) is 37.3 Å². The molecule has 1 amide bonds. The molecule has 6 heteroatoms. The second-order valence-electron chi connectivity index (χ2n) is 7.38. The van der Waals surface area contributed by atoms with Crippen LogP contribution in [-0.2, 0) is 21.2 Å². The Morgan fingerprint density at radius 3 is 2.33 bits per heavy atom. The van der Waals surface area contributed by atoms with Gasteiger partial charge in [-0.25, -0.2) is 8.42 Å². The molecular weight excluding hydrogens is 396 g/mol. The minimum Gasteiger partial charge on any atom is -0.353 e. The van der Waals surface area contributed by atoms with Crippen LogP contribution >= 0.6 is 0 Å². The molecule has 0 saturated carbocycles. The fourth-order valence-corrected chi connectivity index (χ4v) is 3.73. The Labute approximate surface area is 180 Å². The van der Waals surface area contributed by atoms with Gasteiger partial charge in [-0.3, -0.25) is 9.69 Å². The zero-order chi connectivity index (χ0) is 21.8. The molecule has 0 saturated heterocycles. The van der Waals surface area contributed by atoms with Gasteiger partial charge < -0.3 is 5.32 Å². The summed E-state index contributed by atoms with van der Waals surface area (Å²) in [6, 6.07) is 17.0. The minimum atomic E-state index is -3.20. The van der Waals surface area contributed by atoms with E-state index < -0.39 is 9.84 Å². The third kappa shape index (κ3) is 8.93. The average molecular weight is 429 g/mol. The molecule has 0 unspecified atom stereocenters. The Kier molecular flexibility index (Phi) is 9.77. The molecule has 0 aromatic heterocycles. The van der Waals surface area contributed by atoms with Gasteiger partial charge in [0.05, 0.1) is 4.90 Å². The largest absolute Gasteiger partial charge is 0.353 e. The van der Waals surface area contributed by atoms with Crippen LogP contribution in [0.5, 0.6) is 0 Å².